The van der Waals surface area contributed by atoms with Gasteiger partial charge in [0.1, 0.15) is 0 Å². The summed E-state index contributed by atoms with van der Waals surface area (Å²) in [7, 11) is 0. The van der Waals surface area contributed by atoms with Crippen molar-refractivity contribution < 1.29 is 0 Å². The predicted molar refractivity (Wildman–Crippen MR) is 39.6 cm³/mol. The molecule has 0 amide bonds. The standard InChI is InChI=1S/C7H5N3/c1-3-7-8-4-2-6-10(7)9-5-1/h1-4,6H. The van der Waals surface area contributed by atoms with Crippen LogP contribution in [0.3, 0.4) is 0 Å². The zero-order valence-electron chi connectivity index (χ0n) is 5.23. The number of hydrazone groups is 1. The number of fused-ring (bicyclic) bond motifs is 1. The van der Waals surface area contributed by atoms with Crippen LogP contribution in [0.25, 0.3) is 0 Å². The monoisotopic (exact) mass is 131 g/mol. The summed E-state index contributed by atoms with van der Waals surface area (Å²) in [6.07, 6.45) is 8.99. The maximum absolute atomic E-state index is 4.06. The van der Waals surface area contributed by atoms with Crippen LogP contribution < -0.4 is 0 Å². The summed E-state index contributed by atoms with van der Waals surface area (Å²) in [5.41, 5.74) is 0. The minimum atomic E-state index is 0.834. The summed E-state index contributed by atoms with van der Waals surface area (Å²) >= 11 is 0. The zero-order valence-corrected chi connectivity index (χ0v) is 5.23. The summed E-state index contributed by atoms with van der Waals surface area (Å²) in [4.78, 5) is 4.06. The van der Waals surface area contributed by atoms with Crippen LogP contribution in [0.15, 0.2) is 40.3 Å². The fourth-order valence-electron chi connectivity index (χ4n) is 0.786. The van der Waals surface area contributed by atoms with E-state index in [1.165, 1.54) is 0 Å². The molecule has 0 aromatic carbocycles. The maximum atomic E-state index is 4.06. The first-order valence-electron chi connectivity index (χ1n) is 2.96. The second-order valence-corrected chi connectivity index (χ2v) is 1.88. The molecule has 0 unspecified atom stereocenters. The molecule has 0 atom stereocenters. The van der Waals surface area contributed by atoms with Gasteiger partial charge in [0, 0.05) is 24.4 Å². The second-order valence-electron chi connectivity index (χ2n) is 1.88. The van der Waals surface area contributed by atoms with Gasteiger partial charge in [0.25, 0.3) is 0 Å². The molecule has 0 fully saturated rings. The molecule has 3 nitrogen and oxygen atoms in total. The quantitative estimate of drug-likeness (QED) is 0.479. The molecule has 0 bridgehead atoms. The van der Waals surface area contributed by atoms with Gasteiger partial charge < -0.3 is 0 Å². The van der Waals surface area contributed by atoms with E-state index in [-0.39, 0.29) is 0 Å². The molecule has 0 aliphatic carbocycles. The lowest BCUT2D eigenvalue weighted by Crippen LogP contribution is -2.11. The Morgan fingerprint density at radius 2 is 2.50 bits per heavy atom. The minimum absolute atomic E-state index is 0.834. The fraction of sp³-hybridized carbons (Fsp3) is 0. The Bertz CT molecular complexity index is 290. The molecule has 0 radical (unpaired) electrons. The number of allylic oxidation sites excluding steroid dienone is 3. The summed E-state index contributed by atoms with van der Waals surface area (Å²) in [5.74, 6) is 3.54. The van der Waals surface area contributed by atoms with E-state index in [1.807, 2.05) is 18.4 Å². The lowest BCUT2D eigenvalue weighted by Gasteiger charge is -2.15. The van der Waals surface area contributed by atoms with Crippen molar-refractivity contribution in [1.82, 2.24) is 5.01 Å². The van der Waals surface area contributed by atoms with E-state index in [9.17, 15) is 0 Å². The molecule has 0 N–H and O–H groups in total. The third-order valence-corrected chi connectivity index (χ3v) is 1.23. The SMILES string of the molecule is C1=CC=C2N=CC=CN2N=1. The van der Waals surface area contributed by atoms with Gasteiger partial charge >= 0.3 is 0 Å². The normalized spacial score (nSPS) is 19.2. The molecular formula is C7H5N3. The molecule has 0 saturated carbocycles. The van der Waals surface area contributed by atoms with Crippen LogP contribution in [0.1, 0.15) is 0 Å². The molecule has 48 valence electrons. The molecule has 2 heterocycles. The number of rotatable bonds is 0. The molecule has 2 rings (SSSR count). The van der Waals surface area contributed by atoms with Crippen molar-refractivity contribution in [1.29, 1.82) is 0 Å². The third kappa shape index (κ3) is 0.694. The van der Waals surface area contributed by atoms with Crippen LogP contribution in [0.2, 0.25) is 0 Å². The van der Waals surface area contributed by atoms with Crippen LogP contribution in [0.4, 0.5) is 0 Å². The lowest BCUT2D eigenvalue weighted by molar-refractivity contribution is 0.491. The largest absolute Gasteiger partial charge is 0.237 e. The molecule has 3 heteroatoms. The average Bonchev–Trinajstić information content (AvgIpc) is 2.05. The van der Waals surface area contributed by atoms with E-state index in [0.29, 0.717) is 0 Å². The summed E-state index contributed by atoms with van der Waals surface area (Å²) < 4.78 is 0. The van der Waals surface area contributed by atoms with Gasteiger partial charge in [0.2, 0.25) is 0 Å². The van der Waals surface area contributed by atoms with E-state index >= 15 is 0 Å². The van der Waals surface area contributed by atoms with Crippen molar-refractivity contribution in [3.8, 4) is 0 Å². The van der Waals surface area contributed by atoms with Gasteiger partial charge in [-0.15, -0.1) is 5.10 Å². The maximum Gasteiger partial charge on any atom is 0.154 e. The summed E-state index contributed by atoms with van der Waals surface area (Å²) in [5, 5.41) is 5.58. The van der Waals surface area contributed by atoms with E-state index < -0.39 is 0 Å². The molecule has 0 saturated heterocycles. The first-order valence-corrected chi connectivity index (χ1v) is 2.96. The highest BCUT2D eigenvalue weighted by atomic mass is 15.5. The van der Waals surface area contributed by atoms with Crippen molar-refractivity contribution in [2.45, 2.75) is 0 Å². The third-order valence-electron chi connectivity index (χ3n) is 1.23. The summed E-state index contributed by atoms with van der Waals surface area (Å²) in [6, 6.07) is 0. The van der Waals surface area contributed by atoms with Gasteiger partial charge in [0.05, 0.1) is 0 Å². The van der Waals surface area contributed by atoms with Gasteiger partial charge in [-0.3, -0.25) is 0 Å². The van der Waals surface area contributed by atoms with Crippen LogP contribution >= 0.6 is 0 Å². The first-order chi connectivity index (χ1) is 4.97. The van der Waals surface area contributed by atoms with Gasteiger partial charge in [-0.2, -0.15) is 0 Å². The fourth-order valence-corrected chi connectivity index (χ4v) is 0.786. The van der Waals surface area contributed by atoms with Gasteiger partial charge in [-0.1, -0.05) is 0 Å². The summed E-state index contributed by atoms with van der Waals surface area (Å²) in [6.45, 7) is 0. The number of aliphatic imine (C=N–C) groups is 1. The zero-order chi connectivity index (χ0) is 6.81. The van der Waals surface area contributed by atoms with Gasteiger partial charge in [0.15, 0.2) is 5.82 Å². The van der Waals surface area contributed by atoms with E-state index in [2.05, 4.69) is 16.0 Å². The van der Waals surface area contributed by atoms with Crippen molar-refractivity contribution in [3.05, 3.63) is 30.2 Å². The molecular weight excluding hydrogens is 126 g/mol. The van der Waals surface area contributed by atoms with Gasteiger partial charge in [-0.05, 0) is 12.2 Å². The molecule has 0 aromatic heterocycles. The lowest BCUT2D eigenvalue weighted by atomic mass is 10.4. The number of hydrogen-bond acceptors (Lipinski definition) is 3. The Morgan fingerprint density at radius 3 is 3.40 bits per heavy atom. The van der Waals surface area contributed by atoms with E-state index in [0.717, 1.165) is 5.82 Å². The highest BCUT2D eigenvalue weighted by molar-refractivity contribution is 5.74. The Morgan fingerprint density at radius 1 is 1.50 bits per heavy atom. The topological polar surface area (TPSA) is 28.0 Å². The van der Waals surface area contributed by atoms with Crippen LogP contribution in [0, 0.1) is 0 Å². The van der Waals surface area contributed by atoms with Crippen LogP contribution in [-0.4, -0.2) is 17.1 Å². The van der Waals surface area contributed by atoms with E-state index in [4.69, 9.17) is 0 Å². The molecule has 10 heavy (non-hydrogen) atoms. The molecule has 0 spiro atoms. The number of hydrogen-bond donors (Lipinski definition) is 0. The predicted octanol–water partition coefficient (Wildman–Crippen LogP) is 0.882. The van der Waals surface area contributed by atoms with Crippen molar-refractivity contribution in [2.75, 3.05) is 0 Å². The Kier molecular flexibility index (Phi) is 1.03. The van der Waals surface area contributed by atoms with Crippen LogP contribution in [-0.2, 0) is 0 Å². The van der Waals surface area contributed by atoms with E-state index in [1.54, 1.807) is 17.3 Å². The smallest absolute Gasteiger partial charge is 0.154 e. The average molecular weight is 131 g/mol. The van der Waals surface area contributed by atoms with Crippen LogP contribution in [0.5, 0.6) is 0 Å². The minimum Gasteiger partial charge on any atom is -0.237 e. The Balaban J connectivity index is 2.45. The Hall–Kier alpha value is -1.60. The molecule has 2 aliphatic heterocycles. The van der Waals surface area contributed by atoms with Crippen molar-refractivity contribution >= 4 is 12.1 Å². The second kappa shape index (κ2) is 1.97. The van der Waals surface area contributed by atoms with Gasteiger partial charge in [-0.25, -0.2) is 10.0 Å². The first kappa shape index (κ1) is 5.21. The van der Waals surface area contributed by atoms with Crippen molar-refractivity contribution in [3.63, 3.8) is 0 Å². The number of nitrogens with zero attached hydrogens (tertiary/aromatic N) is 3. The molecule has 2 aliphatic rings. The molecule has 0 aromatic rings. The van der Waals surface area contributed by atoms with Crippen molar-refractivity contribution in [2.24, 2.45) is 10.1 Å². The highest BCUT2D eigenvalue weighted by Gasteiger charge is 2.05. The Labute approximate surface area is 58.4 Å². The highest BCUT2D eigenvalue weighted by Crippen LogP contribution is 2.11.